The molecule has 1 amide bonds. The average Bonchev–Trinajstić information content (AvgIpc) is 2.41. The van der Waals surface area contributed by atoms with Crippen molar-refractivity contribution < 1.29 is 14.7 Å². The van der Waals surface area contributed by atoms with Gasteiger partial charge in [0, 0.05) is 8.95 Å². The number of benzene rings is 1. The highest BCUT2D eigenvalue weighted by Gasteiger charge is 2.18. The highest BCUT2D eigenvalue weighted by molar-refractivity contribution is 9.11. The van der Waals surface area contributed by atoms with Crippen LogP contribution in [0.15, 0.2) is 39.4 Å². The van der Waals surface area contributed by atoms with Gasteiger partial charge in [-0.3, -0.25) is 4.79 Å². The summed E-state index contributed by atoms with van der Waals surface area (Å²) < 4.78 is 1.02. The minimum atomic E-state index is -1.16. The number of aromatic nitrogens is 1. The van der Waals surface area contributed by atoms with Gasteiger partial charge in [0.15, 0.2) is 0 Å². The Labute approximate surface area is 136 Å². The molecule has 0 atom stereocenters. The van der Waals surface area contributed by atoms with E-state index in [1.54, 1.807) is 6.07 Å². The molecule has 1 aromatic heterocycles. The molecule has 6 nitrogen and oxygen atoms in total. The zero-order valence-corrected chi connectivity index (χ0v) is 13.6. The second kappa shape index (κ2) is 6.23. The number of carbonyl (C=O) groups is 2. The fourth-order valence-electron chi connectivity index (χ4n) is 1.59. The van der Waals surface area contributed by atoms with Gasteiger partial charge >= 0.3 is 5.97 Å². The predicted molar refractivity (Wildman–Crippen MR) is 85.4 cm³/mol. The third-order valence-electron chi connectivity index (χ3n) is 2.54. The molecule has 0 unspecified atom stereocenters. The minimum absolute atomic E-state index is 0.0416. The Hall–Kier alpha value is -1.93. The van der Waals surface area contributed by atoms with Crippen molar-refractivity contribution in [3.05, 3.63) is 50.7 Å². The molecule has 108 valence electrons. The standard InChI is InChI=1S/C13H9Br2N3O3/c14-6-3-8(13(20)21)11(9(15)4-6)18-12(19)10-2-1-7(16)5-17-10/h1-5H,16H2,(H,18,19)(H,20,21). The van der Waals surface area contributed by atoms with Crippen LogP contribution in [-0.4, -0.2) is 22.0 Å². The van der Waals surface area contributed by atoms with Gasteiger partial charge in [-0.05, 0) is 40.2 Å². The third-order valence-corrected chi connectivity index (χ3v) is 3.63. The van der Waals surface area contributed by atoms with E-state index in [4.69, 9.17) is 5.73 Å². The molecule has 0 aliphatic carbocycles. The molecule has 0 saturated carbocycles. The Balaban J connectivity index is 2.37. The van der Waals surface area contributed by atoms with Gasteiger partial charge in [-0.15, -0.1) is 0 Å². The fraction of sp³-hybridized carbons (Fsp3) is 0. The number of amides is 1. The highest BCUT2D eigenvalue weighted by Crippen LogP contribution is 2.31. The van der Waals surface area contributed by atoms with Gasteiger partial charge in [-0.25, -0.2) is 9.78 Å². The number of aromatic carboxylic acids is 1. The first kappa shape index (κ1) is 15.5. The molecule has 2 aromatic rings. The van der Waals surface area contributed by atoms with E-state index in [0.29, 0.717) is 14.6 Å². The maximum atomic E-state index is 12.1. The number of hydrogen-bond donors (Lipinski definition) is 3. The minimum Gasteiger partial charge on any atom is -0.478 e. The lowest BCUT2D eigenvalue weighted by atomic mass is 10.1. The second-order valence-electron chi connectivity index (χ2n) is 4.05. The van der Waals surface area contributed by atoms with E-state index in [0.717, 1.165) is 0 Å². The first-order valence-corrected chi connectivity index (χ1v) is 7.22. The molecule has 4 N–H and O–H groups in total. The van der Waals surface area contributed by atoms with Crippen molar-refractivity contribution in [2.24, 2.45) is 0 Å². The van der Waals surface area contributed by atoms with Gasteiger partial charge in [0.1, 0.15) is 5.69 Å². The van der Waals surface area contributed by atoms with E-state index in [9.17, 15) is 14.7 Å². The first-order chi connectivity index (χ1) is 9.88. The number of halogens is 2. The van der Waals surface area contributed by atoms with E-state index >= 15 is 0 Å². The van der Waals surface area contributed by atoms with Crippen molar-refractivity contribution in [2.45, 2.75) is 0 Å². The number of carbonyl (C=O) groups excluding carboxylic acids is 1. The largest absolute Gasteiger partial charge is 0.478 e. The number of nitrogens with one attached hydrogen (secondary N) is 1. The molecule has 8 heteroatoms. The monoisotopic (exact) mass is 413 g/mol. The molecule has 1 heterocycles. The molecule has 0 bridgehead atoms. The van der Waals surface area contributed by atoms with Crippen LogP contribution >= 0.6 is 31.9 Å². The summed E-state index contributed by atoms with van der Waals surface area (Å²) in [6, 6.07) is 6.03. The van der Waals surface area contributed by atoms with Crippen LogP contribution in [0.5, 0.6) is 0 Å². The summed E-state index contributed by atoms with van der Waals surface area (Å²) in [4.78, 5) is 27.2. The molecule has 21 heavy (non-hydrogen) atoms. The van der Waals surface area contributed by atoms with Crippen molar-refractivity contribution in [3.63, 3.8) is 0 Å². The number of nitrogen functional groups attached to an aromatic ring is 1. The van der Waals surface area contributed by atoms with Gasteiger partial charge in [-0.1, -0.05) is 15.9 Å². The lowest BCUT2D eigenvalue weighted by molar-refractivity contribution is 0.0698. The normalized spacial score (nSPS) is 10.2. The third kappa shape index (κ3) is 3.59. The molecule has 0 radical (unpaired) electrons. The van der Waals surface area contributed by atoms with E-state index in [1.807, 2.05) is 0 Å². The summed E-state index contributed by atoms with van der Waals surface area (Å²) in [7, 11) is 0. The van der Waals surface area contributed by atoms with E-state index < -0.39 is 11.9 Å². The molecule has 0 saturated heterocycles. The molecular weight excluding hydrogens is 406 g/mol. The molecule has 0 spiro atoms. The van der Waals surface area contributed by atoms with Gasteiger partial charge in [0.25, 0.3) is 5.91 Å². The number of nitrogens with two attached hydrogens (primary N) is 1. The van der Waals surface area contributed by atoms with Crippen LogP contribution in [0, 0.1) is 0 Å². The van der Waals surface area contributed by atoms with Crippen LogP contribution in [0.3, 0.4) is 0 Å². The number of hydrogen-bond acceptors (Lipinski definition) is 4. The molecular formula is C13H9Br2N3O3. The molecule has 0 fully saturated rings. The van der Waals surface area contributed by atoms with Crippen LogP contribution in [0.2, 0.25) is 0 Å². The van der Waals surface area contributed by atoms with Gasteiger partial charge in [-0.2, -0.15) is 0 Å². The summed E-state index contributed by atoms with van der Waals surface area (Å²) in [5.41, 5.74) is 6.19. The Morgan fingerprint density at radius 1 is 1.24 bits per heavy atom. The molecule has 2 rings (SSSR count). The Kier molecular flexibility index (Phi) is 4.59. The first-order valence-electron chi connectivity index (χ1n) is 5.63. The maximum Gasteiger partial charge on any atom is 0.337 e. The number of pyridine rings is 1. The van der Waals surface area contributed by atoms with E-state index in [1.165, 1.54) is 24.4 Å². The maximum absolute atomic E-state index is 12.1. The topological polar surface area (TPSA) is 105 Å². The summed E-state index contributed by atoms with van der Waals surface area (Å²) in [6.45, 7) is 0. The van der Waals surface area contributed by atoms with Crippen LogP contribution in [0.25, 0.3) is 0 Å². The SMILES string of the molecule is Nc1ccc(C(=O)Nc2c(Br)cc(Br)cc2C(=O)O)nc1. The number of nitrogens with zero attached hydrogens (tertiary/aromatic N) is 1. The Morgan fingerprint density at radius 2 is 1.95 bits per heavy atom. The molecule has 0 aliphatic rings. The van der Waals surface area contributed by atoms with Crippen molar-refractivity contribution in [1.82, 2.24) is 4.98 Å². The Morgan fingerprint density at radius 3 is 2.52 bits per heavy atom. The van der Waals surface area contributed by atoms with Gasteiger partial charge in [0.05, 0.1) is 23.1 Å². The zero-order chi connectivity index (χ0) is 15.6. The lowest BCUT2D eigenvalue weighted by Crippen LogP contribution is -2.16. The zero-order valence-electron chi connectivity index (χ0n) is 10.4. The number of carboxylic acid groups (broad SMARTS) is 1. The lowest BCUT2D eigenvalue weighted by Gasteiger charge is -2.11. The van der Waals surface area contributed by atoms with Crippen LogP contribution in [-0.2, 0) is 0 Å². The second-order valence-corrected chi connectivity index (χ2v) is 5.82. The number of rotatable bonds is 3. The number of anilines is 2. The van der Waals surface area contributed by atoms with E-state index in [2.05, 4.69) is 42.2 Å². The number of carboxylic acids is 1. The van der Waals surface area contributed by atoms with Crippen molar-refractivity contribution in [2.75, 3.05) is 11.1 Å². The van der Waals surface area contributed by atoms with Crippen LogP contribution < -0.4 is 11.1 Å². The fourth-order valence-corrected chi connectivity index (χ4v) is 2.91. The Bertz CT molecular complexity index is 717. The van der Waals surface area contributed by atoms with Gasteiger partial charge in [0.2, 0.25) is 0 Å². The average molecular weight is 415 g/mol. The summed E-state index contributed by atoms with van der Waals surface area (Å²) in [5, 5.41) is 11.7. The van der Waals surface area contributed by atoms with Crippen LogP contribution in [0.4, 0.5) is 11.4 Å². The summed E-state index contributed by atoms with van der Waals surface area (Å²) in [6.07, 6.45) is 1.35. The van der Waals surface area contributed by atoms with Crippen molar-refractivity contribution >= 4 is 55.1 Å². The summed E-state index contributed by atoms with van der Waals surface area (Å²) >= 11 is 6.43. The van der Waals surface area contributed by atoms with Gasteiger partial charge < -0.3 is 16.2 Å². The quantitative estimate of drug-likeness (QED) is 0.715. The van der Waals surface area contributed by atoms with E-state index in [-0.39, 0.29) is 16.9 Å². The van der Waals surface area contributed by atoms with Crippen molar-refractivity contribution in [3.8, 4) is 0 Å². The van der Waals surface area contributed by atoms with Crippen LogP contribution in [0.1, 0.15) is 20.8 Å². The molecule has 0 aliphatic heterocycles. The highest BCUT2D eigenvalue weighted by atomic mass is 79.9. The predicted octanol–water partition coefficient (Wildman–Crippen LogP) is 3.14. The molecule has 1 aromatic carbocycles. The smallest absolute Gasteiger partial charge is 0.337 e. The van der Waals surface area contributed by atoms with Crippen molar-refractivity contribution in [1.29, 1.82) is 0 Å². The summed E-state index contributed by atoms with van der Waals surface area (Å²) in [5.74, 6) is -1.68.